The fourth-order valence-corrected chi connectivity index (χ4v) is 2.05. The van der Waals surface area contributed by atoms with Crippen LogP contribution in [0.4, 0.5) is 0 Å². The summed E-state index contributed by atoms with van der Waals surface area (Å²) in [7, 11) is 0. The van der Waals surface area contributed by atoms with Crippen molar-refractivity contribution in [2.75, 3.05) is 6.54 Å². The Morgan fingerprint density at radius 2 is 1.85 bits per heavy atom. The highest BCUT2D eigenvalue weighted by Crippen LogP contribution is 2.09. The Bertz CT molecular complexity index is 555. The molecule has 0 bridgehead atoms. The summed E-state index contributed by atoms with van der Waals surface area (Å²) in [5.74, 6) is -0.800. The molecule has 20 heavy (non-hydrogen) atoms. The smallest absolute Gasteiger partial charge is 0.307 e. The number of carbonyl (C=O) groups is 1. The first-order valence-electron chi connectivity index (χ1n) is 6.65. The number of carboxylic acids is 1. The van der Waals surface area contributed by atoms with E-state index in [0.717, 1.165) is 29.8 Å². The van der Waals surface area contributed by atoms with Gasteiger partial charge in [-0.15, -0.1) is 0 Å². The molecule has 0 spiro atoms. The Morgan fingerprint density at radius 3 is 2.55 bits per heavy atom. The molecule has 0 aliphatic rings. The van der Waals surface area contributed by atoms with E-state index in [-0.39, 0.29) is 6.42 Å². The van der Waals surface area contributed by atoms with E-state index in [1.165, 1.54) is 0 Å². The lowest BCUT2D eigenvalue weighted by molar-refractivity contribution is -0.136. The highest BCUT2D eigenvalue weighted by Gasteiger charge is 2.05. The number of carboxylic acid groups (broad SMARTS) is 1. The lowest BCUT2D eigenvalue weighted by atomic mass is 10.0. The Morgan fingerprint density at radius 1 is 1.10 bits per heavy atom. The number of aliphatic carboxylic acids is 1. The van der Waals surface area contributed by atoms with Crippen LogP contribution in [0, 0.1) is 0 Å². The van der Waals surface area contributed by atoms with Gasteiger partial charge in [0.1, 0.15) is 0 Å². The average molecular weight is 270 g/mol. The van der Waals surface area contributed by atoms with Gasteiger partial charge in [0.25, 0.3) is 0 Å². The third-order valence-corrected chi connectivity index (χ3v) is 3.06. The second-order valence-corrected chi connectivity index (χ2v) is 4.59. The van der Waals surface area contributed by atoms with Crippen LogP contribution < -0.4 is 5.32 Å². The maximum atomic E-state index is 10.8. The van der Waals surface area contributed by atoms with Gasteiger partial charge in [-0.05, 0) is 23.3 Å². The summed E-state index contributed by atoms with van der Waals surface area (Å²) >= 11 is 0. The minimum absolute atomic E-state index is 0.0676. The maximum absolute atomic E-state index is 10.8. The van der Waals surface area contributed by atoms with E-state index >= 15 is 0 Å². The molecule has 4 nitrogen and oxygen atoms in total. The summed E-state index contributed by atoms with van der Waals surface area (Å²) < 4.78 is 0. The fraction of sp³-hybridized carbons (Fsp3) is 0.250. The standard InChI is InChI=1S/C16H18N2O2/c19-16(20)11-13-5-1-2-6-14(13)12-17-10-8-15-7-3-4-9-18-15/h1-7,9,17H,8,10-12H2,(H,19,20). The van der Waals surface area contributed by atoms with Crippen molar-refractivity contribution < 1.29 is 9.90 Å². The Kier molecular flexibility index (Phi) is 5.26. The van der Waals surface area contributed by atoms with Crippen molar-refractivity contribution >= 4 is 5.97 Å². The van der Waals surface area contributed by atoms with Crippen molar-refractivity contribution in [1.82, 2.24) is 10.3 Å². The molecule has 0 radical (unpaired) electrons. The minimum atomic E-state index is -0.800. The molecular weight excluding hydrogens is 252 g/mol. The van der Waals surface area contributed by atoms with Gasteiger partial charge in [0.2, 0.25) is 0 Å². The molecule has 0 aliphatic heterocycles. The van der Waals surface area contributed by atoms with Crippen LogP contribution in [0.1, 0.15) is 16.8 Å². The van der Waals surface area contributed by atoms with Gasteiger partial charge < -0.3 is 10.4 Å². The number of hydrogen-bond donors (Lipinski definition) is 2. The zero-order valence-corrected chi connectivity index (χ0v) is 11.2. The predicted octanol–water partition coefficient (Wildman–Crippen LogP) is 2.04. The summed E-state index contributed by atoms with van der Waals surface area (Å²) in [5, 5.41) is 12.2. The van der Waals surface area contributed by atoms with Crippen LogP contribution in [0.3, 0.4) is 0 Å². The molecule has 0 saturated heterocycles. The molecule has 0 fully saturated rings. The van der Waals surface area contributed by atoms with E-state index in [9.17, 15) is 4.79 Å². The van der Waals surface area contributed by atoms with Gasteiger partial charge in [0.05, 0.1) is 6.42 Å². The number of benzene rings is 1. The molecule has 4 heteroatoms. The topological polar surface area (TPSA) is 62.2 Å². The molecule has 0 saturated carbocycles. The first-order valence-corrected chi connectivity index (χ1v) is 6.65. The highest BCUT2D eigenvalue weighted by atomic mass is 16.4. The van der Waals surface area contributed by atoms with Crippen LogP contribution in [-0.2, 0) is 24.2 Å². The van der Waals surface area contributed by atoms with E-state index < -0.39 is 5.97 Å². The lowest BCUT2D eigenvalue weighted by Gasteiger charge is -2.09. The van der Waals surface area contributed by atoms with Gasteiger partial charge in [-0.2, -0.15) is 0 Å². The molecule has 0 aliphatic carbocycles. The van der Waals surface area contributed by atoms with Crippen molar-refractivity contribution in [2.24, 2.45) is 0 Å². The summed E-state index contributed by atoms with van der Waals surface area (Å²) in [5.41, 5.74) is 2.96. The highest BCUT2D eigenvalue weighted by molar-refractivity contribution is 5.70. The van der Waals surface area contributed by atoms with Crippen molar-refractivity contribution in [3.05, 3.63) is 65.5 Å². The summed E-state index contributed by atoms with van der Waals surface area (Å²) in [4.78, 5) is 15.1. The predicted molar refractivity (Wildman–Crippen MR) is 77.4 cm³/mol. The molecule has 0 atom stereocenters. The Labute approximate surface area is 118 Å². The first kappa shape index (κ1) is 14.2. The van der Waals surface area contributed by atoms with Gasteiger partial charge in [0.15, 0.2) is 0 Å². The van der Waals surface area contributed by atoms with Gasteiger partial charge in [-0.1, -0.05) is 30.3 Å². The zero-order valence-electron chi connectivity index (χ0n) is 11.2. The number of pyridine rings is 1. The molecule has 1 aromatic heterocycles. The molecule has 2 N–H and O–H groups in total. The first-order chi connectivity index (χ1) is 9.75. The second kappa shape index (κ2) is 7.40. The van der Waals surface area contributed by atoms with Gasteiger partial charge in [-0.25, -0.2) is 0 Å². The second-order valence-electron chi connectivity index (χ2n) is 4.59. The van der Waals surface area contributed by atoms with Crippen molar-refractivity contribution in [1.29, 1.82) is 0 Å². The quantitative estimate of drug-likeness (QED) is 0.756. The molecule has 104 valence electrons. The number of hydrogen-bond acceptors (Lipinski definition) is 3. The van der Waals surface area contributed by atoms with Crippen LogP contribution in [0.15, 0.2) is 48.7 Å². The minimum Gasteiger partial charge on any atom is -0.481 e. The lowest BCUT2D eigenvalue weighted by Crippen LogP contribution is -2.18. The van der Waals surface area contributed by atoms with E-state index in [1.54, 1.807) is 6.20 Å². The van der Waals surface area contributed by atoms with Crippen LogP contribution in [-0.4, -0.2) is 22.6 Å². The molecular formula is C16H18N2O2. The van der Waals surface area contributed by atoms with Crippen LogP contribution in [0.2, 0.25) is 0 Å². The molecule has 1 aromatic carbocycles. The van der Waals surface area contributed by atoms with Gasteiger partial charge in [-0.3, -0.25) is 9.78 Å². The summed E-state index contributed by atoms with van der Waals surface area (Å²) in [6.07, 6.45) is 2.72. The SMILES string of the molecule is O=C(O)Cc1ccccc1CNCCc1ccccn1. The molecule has 0 unspecified atom stereocenters. The van der Waals surface area contributed by atoms with E-state index in [4.69, 9.17) is 5.11 Å². The third-order valence-electron chi connectivity index (χ3n) is 3.06. The Balaban J connectivity index is 1.83. The summed E-state index contributed by atoms with van der Waals surface area (Å²) in [6, 6.07) is 13.5. The maximum Gasteiger partial charge on any atom is 0.307 e. The zero-order chi connectivity index (χ0) is 14.2. The monoisotopic (exact) mass is 270 g/mol. The number of nitrogens with one attached hydrogen (secondary N) is 1. The van der Waals surface area contributed by atoms with Crippen molar-refractivity contribution in [3.63, 3.8) is 0 Å². The number of aromatic nitrogens is 1. The normalized spacial score (nSPS) is 10.4. The largest absolute Gasteiger partial charge is 0.481 e. The molecule has 0 amide bonds. The van der Waals surface area contributed by atoms with Crippen LogP contribution in [0.25, 0.3) is 0 Å². The summed E-state index contributed by atoms with van der Waals surface area (Å²) in [6.45, 7) is 1.49. The number of rotatable bonds is 7. The molecule has 2 rings (SSSR count). The molecule has 2 aromatic rings. The third kappa shape index (κ3) is 4.48. The average Bonchev–Trinajstić information content (AvgIpc) is 2.46. The van der Waals surface area contributed by atoms with E-state index in [0.29, 0.717) is 6.54 Å². The van der Waals surface area contributed by atoms with Crippen molar-refractivity contribution in [2.45, 2.75) is 19.4 Å². The molecule has 1 heterocycles. The number of nitrogens with zero attached hydrogens (tertiary/aromatic N) is 1. The van der Waals surface area contributed by atoms with E-state index in [2.05, 4.69) is 10.3 Å². The fourth-order valence-electron chi connectivity index (χ4n) is 2.05. The van der Waals surface area contributed by atoms with Crippen LogP contribution >= 0.6 is 0 Å². The van der Waals surface area contributed by atoms with Gasteiger partial charge in [0, 0.05) is 31.4 Å². The Hall–Kier alpha value is -2.20. The van der Waals surface area contributed by atoms with E-state index in [1.807, 2.05) is 42.5 Å². The van der Waals surface area contributed by atoms with Crippen molar-refractivity contribution in [3.8, 4) is 0 Å². The van der Waals surface area contributed by atoms with Gasteiger partial charge >= 0.3 is 5.97 Å². The van der Waals surface area contributed by atoms with Crippen LogP contribution in [0.5, 0.6) is 0 Å².